The van der Waals surface area contributed by atoms with Crippen LogP contribution < -0.4 is 4.74 Å². The van der Waals surface area contributed by atoms with Crippen LogP contribution in [0.5, 0.6) is 5.75 Å². The van der Waals surface area contributed by atoms with E-state index in [4.69, 9.17) is 4.74 Å². The first-order valence-corrected chi connectivity index (χ1v) is 5.82. The molecule has 1 fully saturated rings. The number of aliphatic carboxylic acids is 1. The number of methoxy groups -OCH3 is 1. The molecule has 0 spiro atoms. The lowest BCUT2D eigenvalue weighted by atomic mass is 9.87. The van der Waals surface area contributed by atoms with E-state index < -0.39 is 11.4 Å². The predicted molar refractivity (Wildman–Crippen MR) is 65.8 cm³/mol. The van der Waals surface area contributed by atoms with Crippen molar-refractivity contribution in [1.29, 1.82) is 0 Å². The minimum Gasteiger partial charge on any atom is -0.496 e. The number of hydrogen-bond acceptors (Lipinski definition) is 2. The third kappa shape index (κ3) is 1.61. The van der Waals surface area contributed by atoms with Crippen molar-refractivity contribution in [1.82, 2.24) is 0 Å². The molecular weight excluding hydrogens is 216 g/mol. The highest BCUT2D eigenvalue weighted by Crippen LogP contribution is 2.53. The predicted octanol–water partition coefficient (Wildman–Crippen LogP) is 2.74. The summed E-state index contributed by atoms with van der Waals surface area (Å²) in [6, 6.07) is 1.95. The monoisotopic (exact) mass is 234 g/mol. The minimum atomic E-state index is -0.734. The van der Waals surface area contributed by atoms with Crippen LogP contribution in [0.4, 0.5) is 0 Å². The average Bonchev–Trinajstić information content (AvgIpc) is 3.06. The maximum Gasteiger partial charge on any atom is 0.314 e. The summed E-state index contributed by atoms with van der Waals surface area (Å²) in [5.41, 5.74) is 3.53. The summed E-state index contributed by atoms with van der Waals surface area (Å²) in [6.07, 6.45) is 1.42. The summed E-state index contributed by atoms with van der Waals surface area (Å²) < 4.78 is 5.38. The van der Waals surface area contributed by atoms with E-state index in [2.05, 4.69) is 0 Å². The van der Waals surface area contributed by atoms with Crippen LogP contribution in [0, 0.1) is 20.8 Å². The Morgan fingerprint density at radius 2 is 1.88 bits per heavy atom. The molecule has 1 aromatic rings. The molecule has 0 saturated heterocycles. The van der Waals surface area contributed by atoms with Gasteiger partial charge in [-0.15, -0.1) is 0 Å². The highest BCUT2D eigenvalue weighted by Gasteiger charge is 2.54. The van der Waals surface area contributed by atoms with E-state index >= 15 is 0 Å². The number of benzene rings is 1. The van der Waals surface area contributed by atoms with Gasteiger partial charge in [0.15, 0.2) is 0 Å². The standard InChI is InChI=1S/C14H18O3/c1-8-7-11(17-4)12(10(3)9(8)2)14(5-6-14)13(15)16/h7H,5-6H2,1-4H3,(H,15,16). The lowest BCUT2D eigenvalue weighted by Gasteiger charge is -2.20. The SMILES string of the molecule is COc1cc(C)c(C)c(C)c1C1(C(=O)O)CC1. The average molecular weight is 234 g/mol. The number of hydrogen-bond donors (Lipinski definition) is 1. The fourth-order valence-electron chi connectivity index (χ4n) is 2.50. The molecule has 0 atom stereocenters. The van der Waals surface area contributed by atoms with Crippen LogP contribution in [0.25, 0.3) is 0 Å². The van der Waals surface area contributed by atoms with Gasteiger partial charge in [0.2, 0.25) is 0 Å². The molecule has 0 bridgehead atoms. The maximum absolute atomic E-state index is 11.4. The zero-order valence-corrected chi connectivity index (χ0v) is 10.8. The molecule has 0 aliphatic heterocycles. The smallest absolute Gasteiger partial charge is 0.314 e. The molecule has 0 unspecified atom stereocenters. The second-order valence-corrected chi connectivity index (χ2v) is 4.91. The van der Waals surface area contributed by atoms with Gasteiger partial charge in [-0.05, 0) is 56.4 Å². The Hall–Kier alpha value is -1.51. The second kappa shape index (κ2) is 3.76. The third-order valence-electron chi connectivity index (χ3n) is 3.98. The van der Waals surface area contributed by atoms with Gasteiger partial charge in [-0.3, -0.25) is 4.79 Å². The molecule has 1 aromatic carbocycles. The summed E-state index contributed by atoms with van der Waals surface area (Å²) in [5.74, 6) is -0.0207. The molecule has 1 aliphatic carbocycles. The van der Waals surface area contributed by atoms with Crippen molar-refractivity contribution in [3.63, 3.8) is 0 Å². The fraction of sp³-hybridized carbons (Fsp3) is 0.500. The summed E-state index contributed by atoms with van der Waals surface area (Å²) >= 11 is 0. The molecule has 3 heteroatoms. The number of carbonyl (C=O) groups is 1. The van der Waals surface area contributed by atoms with E-state index in [1.54, 1.807) is 7.11 Å². The first kappa shape index (κ1) is 12.0. The summed E-state index contributed by atoms with van der Waals surface area (Å²) in [5, 5.41) is 9.41. The van der Waals surface area contributed by atoms with Gasteiger partial charge in [0.05, 0.1) is 12.5 Å². The molecule has 1 N–H and O–H groups in total. The number of ether oxygens (including phenoxy) is 1. The number of aryl methyl sites for hydroxylation is 1. The molecule has 0 radical (unpaired) electrons. The highest BCUT2D eigenvalue weighted by atomic mass is 16.5. The Labute approximate surface area is 101 Å². The lowest BCUT2D eigenvalue weighted by Crippen LogP contribution is -2.22. The van der Waals surface area contributed by atoms with Crippen LogP contribution >= 0.6 is 0 Å². The van der Waals surface area contributed by atoms with Crippen LogP contribution in [0.15, 0.2) is 6.07 Å². The van der Waals surface area contributed by atoms with Gasteiger partial charge in [0.25, 0.3) is 0 Å². The zero-order chi connectivity index (χ0) is 12.8. The van der Waals surface area contributed by atoms with Crippen molar-refractivity contribution in [2.45, 2.75) is 39.0 Å². The summed E-state index contributed by atoms with van der Waals surface area (Å²) in [6.45, 7) is 6.05. The van der Waals surface area contributed by atoms with E-state index in [1.165, 1.54) is 0 Å². The normalized spacial score (nSPS) is 16.7. The molecule has 17 heavy (non-hydrogen) atoms. The van der Waals surface area contributed by atoms with E-state index in [0.717, 1.165) is 22.3 Å². The molecule has 0 amide bonds. The summed E-state index contributed by atoms with van der Waals surface area (Å²) in [7, 11) is 1.60. The molecule has 3 nitrogen and oxygen atoms in total. The summed E-state index contributed by atoms with van der Waals surface area (Å²) in [4.78, 5) is 11.4. The molecule has 1 saturated carbocycles. The Balaban J connectivity index is 2.68. The molecular formula is C14H18O3. The van der Waals surface area contributed by atoms with Gasteiger partial charge in [0, 0.05) is 5.56 Å². The van der Waals surface area contributed by atoms with Crippen LogP contribution in [0.2, 0.25) is 0 Å². The Bertz CT molecular complexity index is 485. The van der Waals surface area contributed by atoms with Crippen LogP contribution in [-0.4, -0.2) is 18.2 Å². The Morgan fingerprint density at radius 1 is 1.29 bits per heavy atom. The van der Waals surface area contributed by atoms with Crippen LogP contribution in [0.1, 0.15) is 35.1 Å². The van der Waals surface area contributed by atoms with E-state index in [-0.39, 0.29) is 0 Å². The first-order valence-electron chi connectivity index (χ1n) is 5.82. The number of rotatable bonds is 3. The molecule has 0 heterocycles. The molecule has 0 aromatic heterocycles. The first-order chi connectivity index (χ1) is 7.94. The molecule has 92 valence electrons. The van der Waals surface area contributed by atoms with Crippen molar-refractivity contribution < 1.29 is 14.6 Å². The van der Waals surface area contributed by atoms with Crippen molar-refractivity contribution in [2.75, 3.05) is 7.11 Å². The lowest BCUT2D eigenvalue weighted by molar-refractivity contribution is -0.140. The fourth-order valence-corrected chi connectivity index (χ4v) is 2.50. The zero-order valence-electron chi connectivity index (χ0n) is 10.8. The highest BCUT2D eigenvalue weighted by molar-refractivity contribution is 5.87. The number of carboxylic acids is 1. The third-order valence-corrected chi connectivity index (χ3v) is 3.98. The van der Waals surface area contributed by atoms with Gasteiger partial charge in [-0.25, -0.2) is 0 Å². The van der Waals surface area contributed by atoms with Crippen molar-refractivity contribution in [2.24, 2.45) is 0 Å². The Morgan fingerprint density at radius 3 is 2.29 bits per heavy atom. The van der Waals surface area contributed by atoms with Crippen molar-refractivity contribution in [3.8, 4) is 5.75 Å². The van der Waals surface area contributed by atoms with Gasteiger partial charge in [-0.2, -0.15) is 0 Å². The molecule has 1 aliphatic rings. The van der Waals surface area contributed by atoms with Crippen LogP contribution in [-0.2, 0) is 10.2 Å². The Kier molecular flexibility index (Phi) is 2.64. The largest absolute Gasteiger partial charge is 0.496 e. The maximum atomic E-state index is 11.4. The van der Waals surface area contributed by atoms with Crippen molar-refractivity contribution >= 4 is 5.97 Å². The topological polar surface area (TPSA) is 46.5 Å². The van der Waals surface area contributed by atoms with Gasteiger partial charge in [-0.1, -0.05) is 0 Å². The quantitative estimate of drug-likeness (QED) is 0.874. The van der Waals surface area contributed by atoms with Crippen LogP contribution in [0.3, 0.4) is 0 Å². The van der Waals surface area contributed by atoms with Gasteiger partial charge >= 0.3 is 5.97 Å². The van der Waals surface area contributed by atoms with E-state index in [1.807, 2.05) is 26.8 Å². The second-order valence-electron chi connectivity index (χ2n) is 4.91. The van der Waals surface area contributed by atoms with E-state index in [0.29, 0.717) is 18.6 Å². The molecule has 2 rings (SSSR count). The minimum absolute atomic E-state index is 0.701. The van der Waals surface area contributed by atoms with Gasteiger partial charge in [0.1, 0.15) is 5.75 Å². The number of carboxylic acid groups (broad SMARTS) is 1. The van der Waals surface area contributed by atoms with E-state index in [9.17, 15) is 9.90 Å². The van der Waals surface area contributed by atoms with Crippen molar-refractivity contribution in [3.05, 3.63) is 28.3 Å². The van der Waals surface area contributed by atoms with Gasteiger partial charge < -0.3 is 9.84 Å².